The third-order valence-corrected chi connectivity index (χ3v) is 4.70. The van der Waals surface area contributed by atoms with Crippen LogP contribution in [0.3, 0.4) is 0 Å². The zero-order chi connectivity index (χ0) is 14.5. The van der Waals surface area contributed by atoms with Crippen molar-refractivity contribution in [2.24, 2.45) is 10.8 Å². The number of aliphatic hydroxyl groups is 1. The second kappa shape index (κ2) is 4.65. The summed E-state index contributed by atoms with van der Waals surface area (Å²) >= 11 is 12.1. The summed E-state index contributed by atoms with van der Waals surface area (Å²) < 4.78 is 0. The molecule has 1 aromatic carbocycles. The average molecular weight is 301 g/mol. The molecule has 1 fully saturated rings. The molecule has 1 aromatic rings. The Kier molecular flexibility index (Phi) is 3.71. The molecule has 0 heterocycles. The van der Waals surface area contributed by atoms with Gasteiger partial charge in [-0.05, 0) is 47.8 Å². The summed E-state index contributed by atoms with van der Waals surface area (Å²) in [4.78, 5) is 0. The second-order valence-corrected chi connectivity index (χ2v) is 8.33. The molecule has 1 aliphatic rings. The Morgan fingerprint density at radius 3 is 1.89 bits per heavy atom. The fourth-order valence-corrected chi connectivity index (χ4v) is 4.35. The summed E-state index contributed by atoms with van der Waals surface area (Å²) in [5, 5.41) is 12.2. The Labute approximate surface area is 125 Å². The largest absolute Gasteiger partial charge is 0.385 e. The van der Waals surface area contributed by atoms with Crippen LogP contribution in [0, 0.1) is 10.8 Å². The maximum atomic E-state index is 11.1. The van der Waals surface area contributed by atoms with Gasteiger partial charge in [0.1, 0.15) is 0 Å². The van der Waals surface area contributed by atoms with E-state index in [2.05, 4.69) is 27.7 Å². The smallest absolute Gasteiger partial charge is 0.0907 e. The van der Waals surface area contributed by atoms with Crippen molar-refractivity contribution in [2.45, 2.75) is 52.6 Å². The molecule has 0 atom stereocenters. The molecule has 1 N–H and O–H groups in total. The quantitative estimate of drug-likeness (QED) is 0.734. The van der Waals surface area contributed by atoms with E-state index in [1.807, 2.05) is 6.07 Å². The first-order chi connectivity index (χ1) is 8.53. The Morgan fingerprint density at radius 2 is 1.42 bits per heavy atom. The highest BCUT2D eigenvalue weighted by molar-refractivity contribution is 6.42. The van der Waals surface area contributed by atoms with E-state index in [0.29, 0.717) is 10.0 Å². The molecular formula is C16H22Cl2O. The predicted molar refractivity (Wildman–Crippen MR) is 81.8 cm³/mol. The zero-order valence-electron chi connectivity index (χ0n) is 12.1. The monoisotopic (exact) mass is 300 g/mol. The predicted octanol–water partition coefficient (Wildman–Crippen LogP) is 5.42. The van der Waals surface area contributed by atoms with Crippen molar-refractivity contribution in [1.29, 1.82) is 0 Å². The molecule has 3 heteroatoms. The van der Waals surface area contributed by atoms with E-state index in [1.54, 1.807) is 12.1 Å². The molecule has 0 unspecified atom stereocenters. The van der Waals surface area contributed by atoms with E-state index >= 15 is 0 Å². The van der Waals surface area contributed by atoms with Gasteiger partial charge in [0.2, 0.25) is 0 Å². The van der Waals surface area contributed by atoms with Crippen LogP contribution >= 0.6 is 23.2 Å². The van der Waals surface area contributed by atoms with Gasteiger partial charge in [-0.15, -0.1) is 0 Å². The first kappa shape index (κ1) is 15.2. The van der Waals surface area contributed by atoms with Crippen LogP contribution in [0.4, 0.5) is 0 Å². The van der Waals surface area contributed by atoms with E-state index in [0.717, 1.165) is 24.8 Å². The molecule has 2 rings (SSSR count). The number of hydrogen-bond donors (Lipinski definition) is 1. The first-order valence-corrected chi connectivity index (χ1v) is 7.47. The summed E-state index contributed by atoms with van der Waals surface area (Å²) in [7, 11) is 0. The Morgan fingerprint density at radius 1 is 0.895 bits per heavy atom. The van der Waals surface area contributed by atoms with Crippen LogP contribution < -0.4 is 0 Å². The van der Waals surface area contributed by atoms with Crippen molar-refractivity contribution in [3.05, 3.63) is 33.8 Å². The van der Waals surface area contributed by atoms with Crippen LogP contribution in [0.5, 0.6) is 0 Å². The minimum atomic E-state index is -0.820. The highest BCUT2D eigenvalue weighted by atomic mass is 35.5. The molecule has 0 amide bonds. The molecule has 0 bridgehead atoms. The standard InChI is InChI=1S/C16H22Cl2O/c1-14(2)8-15(3,4)10-16(19,9-14)11-5-6-12(17)13(18)7-11/h5-7,19H,8-10H2,1-4H3. The van der Waals surface area contributed by atoms with Gasteiger partial charge >= 0.3 is 0 Å². The van der Waals surface area contributed by atoms with Gasteiger partial charge in [0, 0.05) is 0 Å². The average Bonchev–Trinajstić information content (AvgIpc) is 2.16. The normalized spacial score (nSPS) is 24.2. The van der Waals surface area contributed by atoms with E-state index in [-0.39, 0.29) is 10.8 Å². The fourth-order valence-electron chi connectivity index (χ4n) is 4.06. The van der Waals surface area contributed by atoms with Crippen molar-refractivity contribution in [3.8, 4) is 0 Å². The Balaban J connectivity index is 2.43. The third-order valence-electron chi connectivity index (χ3n) is 3.96. The van der Waals surface area contributed by atoms with Gasteiger partial charge in [0.05, 0.1) is 15.6 Å². The van der Waals surface area contributed by atoms with E-state index in [4.69, 9.17) is 23.2 Å². The topological polar surface area (TPSA) is 20.2 Å². The highest BCUT2D eigenvalue weighted by Crippen LogP contribution is 2.54. The number of hydrogen-bond acceptors (Lipinski definition) is 1. The second-order valence-electron chi connectivity index (χ2n) is 7.52. The molecule has 19 heavy (non-hydrogen) atoms. The summed E-state index contributed by atoms with van der Waals surface area (Å²) in [6, 6.07) is 5.47. The van der Waals surface area contributed by atoms with Crippen LogP contribution in [0.2, 0.25) is 10.0 Å². The molecule has 1 nitrogen and oxygen atoms in total. The minimum Gasteiger partial charge on any atom is -0.385 e. The lowest BCUT2D eigenvalue weighted by Gasteiger charge is -2.49. The SMILES string of the molecule is CC1(C)CC(C)(C)CC(O)(c2ccc(Cl)c(Cl)c2)C1. The lowest BCUT2D eigenvalue weighted by atomic mass is 9.58. The molecule has 0 saturated heterocycles. The van der Waals surface area contributed by atoms with Crippen molar-refractivity contribution in [2.75, 3.05) is 0 Å². The summed E-state index contributed by atoms with van der Waals surface area (Å²) in [6.45, 7) is 8.87. The van der Waals surface area contributed by atoms with Crippen LogP contribution in [-0.2, 0) is 5.60 Å². The van der Waals surface area contributed by atoms with Gasteiger partial charge in [-0.3, -0.25) is 0 Å². The van der Waals surface area contributed by atoms with E-state index < -0.39 is 5.60 Å². The lowest BCUT2D eigenvalue weighted by molar-refractivity contribution is -0.0912. The zero-order valence-corrected chi connectivity index (χ0v) is 13.6. The summed E-state index contributed by atoms with van der Waals surface area (Å²) in [5.74, 6) is 0. The minimum absolute atomic E-state index is 0.114. The van der Waals surface area contributed by atoms with Crippen molar-refractivity contribution in [1.82, 2.24) is 0 Å². The van der Waals surface area contributed by atoms with Gasteiger partial charge in [0.25, 0.3) is 0 Å². The maximum absolute atomic E-state index is 11.1. The fraction of sp³-hybridized carbons (Fsp3) is 0.625. The maximum Gasteiger partial charge on any atom is 0.0907 e. The molecule has 0 radical (unpaired) electrons. The van der Waals surface area contributed by atoms with E-state index in [1.165, 1.54) is 0 Å². The van der Waals surface area contributed by atoms with Crippen LogP contribution in [0.1, 0.15) is 52.5 Å². The molecule has 0 aliphatic heterocycles. The van der Waals surface area contributed by atoms with E-state index in [9.17, 15) is 5.11 Å². The Bertz CT molecular complexity index is 476. The van der Waals surface area contributed by atoms with Crippen molar-refractivity contribution in [3.63, 3.8) is 0 Å². The number of rotatable bonds is 1. The van der Waals surface area contributed by atoms with Crippen LogP contribution in [-0.4, -0.2) is 5.11 Å². The lowest BCUT2D eigenvalue weighted by Crippen LogP contribution is -2.44. The number of benzene rings is 1. The summed E-state index contributed by atoms with van der Waals surface area (Å²) in [6.07, 6.45) is 2.62. The molecule has 1 saturated carbocycles. The van der Waals surface area contributed by atoms with Gasteiger partial charge in [-0.25, -0.2) is 0 Å². The van der Waals surface area contributed by atoms with Gasteiger partial charge < -0.3 is 5.11 Å². The third kappa shape index (κ3) is 3.26. The molecular weight excluding hydrogens is 279 g/mol. The van der Waals surface area contributed by atoms with Crippen LogP contribution in [0.15, 0.2) is 18.2 Å². The molecule has 0 spiro atoms. The van der Waals surface area contributed by atoms with Gasteiger partial charge in [-0.1, -0.05) is 57.0 Å². The van der Waals surface area contributed by atoms with Crippen molar-refractivity contribution < 1.29 is 5.11 Å². The van der Waals surface area contributed by atoms with Crippen molar-refractivity contribution >= 4 is 23.2 Å². The van der Waals surface area contributed by atoms with Gasteiger partial charge in [-0.2, -0.15) is 0 Å². The molecule has 1 aliphatic carbocycles. The summed E-state index contributed by atoms with van der Waals surface area (Å²) in [5.41, 5.74) is 0.285. The molecule has 0 aromatic heterocycles. The molecule has 106 valence electrons. The first-order valence-electron chi connectivity index (χ1n) is 6.71. The number of halogens is 2. The Hall–Kier alpha value is -0.240. The van der Waals surface area contributed by atoms with Crippen LogP contribution in [0.25, 0.3) is 0 Å². The highest BCUT2D eigenvalue weighted by Gasteiger charge is 2.47. The van der Waals surface area contributed by atoms with Gasteiger partial charge in [0.15, 0.2) is 0 Å².